The third-order valence-electron chi connectivity index (χ3n) is 18.9. The van der Waals surface area contributed by atoms with Crippen LogP contribution in [0.3, 0.4) is 0 Å². The number of hydrogen-bond acceptors (Lipinski definition) is 15. The number of hydrogen-bond donors (Lipinski definition) is 5. The van der Waals surface area contributed by atoms with E-state index in [1.54, 1.807) is 72.4 Å². The van der Waals surface area contributed by atoms with Crippen molar-refractivity contribution in [2.24, 2.45) is 41.4 Å². The molecule has 0 aromatic carbocycles. The number of rotatable bonds is 18. The van der Waals surface area contributed by atoms with E-state index in [1.165, 1.54) is 96.8 Å². The van der Waals surface area contributed by atoms with Crippen LogP contribution >= 0.6 is 0 Å². The molecule has 0 unspecified atom stereocenters. The average Bonchev–Trinajstić information content (AvgIpc) is 0.802. The Morgan fingerprint density at radius 3 is 1.43 bits per heavy atom. The van der Waals surface area contributed by atoms with E-state index in [0.29, 0.717) is 26.2 Å². The zero-order valence-corrected chi connectivity index (χ0v) is 62.7. The van der Waals surface area contributed by atoms with Gasteiger partial charge in [0, 0.05) is 88.5 Å². The van der Waals surface area contributed by atoms with Crippen LogP contribution in [0.1, 0.15) is 150 Å². The van der Waals surface area contributed by atoms with Gasteiger partial charge in [-0.15, -0.1) is 0 Å². The summed E-state index contributed by atoms with van der Waals surface area (Å²) in [4.78, 5) is 189. The summed E-state index contributed by atoms with van der Waals surface area (Å²) in [6, 6.07) is -14.4. The summed E-state index contributed by atoms with van der Waals surface area (Å²) >= 11 is 0. The maximum Gasteiger partial charge on any atom is 0.248 e. The van der Waals surface area contributed by atoms with Crippen LogP contribution in [-0.2, 0) is 62.3 Å². The van der Waals surface area contributed by atoms with Crippen molar-refractivity contribution in [2.45, 2.75) is 222 Å². The van der Waals surface area contributed by atoms with Gasteiger partial charge < -0.3 is 75.2 Å². The van der Waals surface area contributed by atoms with Crippen LogP contribution < -0.4 is 21.3 Å². The van der Waals surface area contributed by atoms with E-state index < -0.39 is 161 Å². The molecule has 0 aromatic rings. The topological polar surface area (TPSA) is 312 Å². The Kier molecular flexibility index (Phi) is 34.7. The van der Waals surface area contributed by atoms with Gasteiger partial charge in [-0.25, -0.2) is 0 Å². The molecule has 12 amide bonds. The van der Waals surface area contributed by atoms with E-state index in [0.717, 1.165) is 19.6 Å². The van der Waals surface area contributed by atoms with Crippen LogP contribution in [0.2, 0.25) is 0 Å². The number of nitrogens with zero attached hydrogens (tertiary/aromatic N) is 9. The summed E-state index contributed by atoms with van der Waals surface area (Å²) < 4.78 is 5.96. The molecule has 0 radical (unpaired) electrons. The van der Waals surface area contributed by atoms with Crippen LogP contribution in [0, 0.1) is 41.4 Å². The SMILES string of the molecule is C/C=C/C[C@@H](C)[C@@H](O)[C@H]1C(=O)N(C)[C@@H](CC)C(=O)N(C)[C@H](C)C(=O)N(C)[C@@H]([C@H](C)COCC(=O)N2CCNCC2)C(=O)N[C@@H](C(C)C)C(=O)N(C)[C@@H](CC(C)C)C(=O)N[C@@H](C)C(=O)N[C@H](C)C(=O)N(C)[C@@H](CC(C)C)C(=O)N(C)[C@@H](CC(C)C)C(=O)N(C)[C@@H](C(C)C)C(=O)N1C. The van der Waals surface area contributed by atoms with E-state index in [1.807, 2.05) is 41.5 Å². The molecular formula is C69H123N13O14. The number of allylic oxidation sites excluding steroid dienone is 2. The Morgan fingerprint density at radius 1 is 0.500 bits per heavy atom. The molecule has 2 rings (SSSR count). The zero-order valence-electron chi connectivity index (χ0n) is 62.7. The zero-order chi connectivity index (χ0) is 73.8. The van der Waals surface area contributed by atoms with Crippen LogP contribution in [0.15, 0.2) is 12.2 Å². The van der Waals surface area contributed by atoms with E-state index in [9.17, 15) is 29.1 Å². The first-order chi connectivity index (χ1) is 44.5. The number of ether oxygens (including phenoxy) is 1. The molecule has 0 aliphatic carbocycles. The number of aliphatic hydroxyl groups excluding tert-OH is 1. The molecule has 14 atom stereocenters. The molecule has 5 N–H and O–H groups in total. The van der Waals surface area contributed by atoms with Gasteiger partial charge in [0.05, 0.1) is 12.7 Å². The highest BCUT2D eigenvalue weighted by molar-refractivity contribution is 6.00. The lowest BCUT2D eigenvalue weighted by Gasteiger charge is -2.43. The van der Waals surface area contributed by atoms with Gasteiger partial charge in [-0.3, -0.25) is 57.5 Å². The lowest BCUT2D eigenvalue weighted by atomic mass is 9.91. The van der Waals surface area contributed by atoms with Gasteiger partial charge in [0.15, 0.2) is 0 Å². The Morgan fingerprint density at radius 2 is 0.938 bits per heavy atom. The summed E-state index contributed by atoms with van der Waals surface area (Å²) in [5.41, 5.74) is 0. The van der Waals surface area contributed by atoms with Gasteiger partial charge >= 0.3 is 0 Å². The quantitative estimate of drug-likeness (QED) is 0.123. The molecule has 0 saturated carbocycles. The predicted molar refractivity (Wildman–Crippen MR) is 368 cm³/mol. The highest BCUT2D eigenvalue weighted by atomic mass is 16.5. The minimum Gasteiger partial charge on any atom is -0.390 e. The van der Waals surface area contributed by atoms with Gasteiger partial charge in [0.25, 0.3) is 0 Å². The standard InChI is InChI=1S/C69H123N13O14/c1-26-28-29-44(13)58(84)57-69(95)75(19)49(27-2)64(90)74(18)48(17)63(89)80(24)56(45(14)37-96-38-53(83)82-32-30-70-31-33-82)61(87)73-54(42(9)10)67(93)76(20)50(34-39(3)4)60(86)71-46(15)59(85)72-47(16)62(88)77(21)51(35-40(5)6)65(91)78(22)52(36-41(7)8)66(92)79(23)55(43(11)12)68(94)81(57)25/h26,28,39-52,54-58,70,84H,27,29-38H2,1-25H3,(H,71,86)(H,72,85)(H,73,87)/b28-26+/t44-,45-,46+,47-,48-,49+,50+,51+,52+,54+,55+,56+,57+,58-/m1/s1. The molecule has 548 valence electrons. The molecule has 2 aliphatic rings. The summed E-state index contributed by atoms with van der Waals surface area (Å²) in [5, 5.41) is 23.8. The minimum absolute atomic E-state index is 0.00798. The minimum atomic E-state index is -1.64. The molecule has 0 bridgehead atoms. The van der Waals surface area contributed by atoms with Crippen LogP contribution in [0.4, 0.5) is 0 Å². The number of carbonyl (C=O) groups is 12. The van der Waals surface area contributed by atoms with Crippen LogP contribution in [0.25, 0.3) is 0 Å². The predicted octanol–water partition coefficient (Wildman–Crippen LogP) is 2.04. The Hall–Kier alpha value is -6.74. The smallest absolute Gasteiger partial charge is 0.248 e. The van der Waals surface area contributed by atoms with Gasteiger partial charge in [0.1, 0.15) is 73.1 Å². The fourth-order valence-corrected chi connectivity index (χ4v) is 12.6. The summed E-state index contributed by atoms with van der Waals surface area (Å²) in [6.07, 6.45) is 2.71. The maximum atomic E-state index is 15.4. The highest BCUT2D eigenvalue weighted by Crippen LogP contribution is 2.27. The summed E-state index contributed by atoms with van der Waals surface area (Å²) in [5.74, 6) is -11.4. The van der Waals surface area contributed by atoms with Crippen molar-refractivity contribution in [3.05, 3.63) is 12.2 Å². The number of carbonyl (C=O) groups excluding carboxylic acids is 12. The van der Waals surface area contributed by atoms with E-state index in [4.69, 9.17) is 4.74 Å². The average molecular weight is 1360 g/mol. The third kappa shape index (κ3) is 22.7. The van der Waals surface area contributed by atoms with E-state index in [-0.39, 0.29) is 69.0 Å². The lowest BCUT2D eigenvalue weighted by molar-refractivity contribution is -0.161. The molecule has 0 aromatic heterocycles. The van der Waals surface area contributed by atoms with Gasteiger partial charge in [-0.1, -0.05) is 102 Å². The number of nitrogens with one attached hydrogen (secondary N) is 4. The number of amides is 12. The fraction of sp³-hybridized carbons (Fsp3) is 0.797. The largest absolute Gasteiger partial charge is 0.390 e. The summed E-state index contributed by atoms with van der Waals surface area (Å²) in [6.45, 7) is 30.7. The second kappa shape index (κ2) is 39.0. The Balaban J connectivity index is 3.07. The first-order valence-corrected chi connectivity index (χ1v) is 34.5. The Bertz CT molecular complexity index is 2680. The van der Waals surface area contributed by atoms with Gasteiger partial charge in [0.2, 0.25) is 70.9 Å². The number of aliphatic hydroxyl groups is 1. The third-order valence-corrected chi connectivity index (χ3v) is 18.9. The molecule has 2 heterocycles. The molecule has 27 nitrogen and oxygen atoms in total. The van der Waals surface area contributed by atoms with Crippen LogP contribution in [-0.4, -0.2) is 288 Å². The van der Waals surface area contributed by atoms with Crippen LogP contribution in [0.5, 0.6) is 0 Å². The number of likely N-dealkylation sites (N-methyl/N-ethyl adjacent to an activating group) is 8. The molecular weight excluding hydrogens is 1230 g/mol. The van der Waals surface area contributed by atoms with Gasteiger partial charge in [-0.05, 0) is 95.3 Å². The molecule has 2 saturated heterocycles. The van der Waals surface area contributed by atoms with Crippen molar-refractivity contribution in [3.63, 3.8) is 0 Å². The molecule has 27 heteroatoms. The van der Waals surface area contributed by atoms with E-state index in [2.05, 4.69) is 21.3 Å². The lowest BCUT2D eigenvalue weighted by Crippen LogP contribution is -2.64. The highest BCUT2D eigenvalue weighted by Gasteiger charge is 2.47. The van der Waals surface area contributed by atoms with Crippen molar-refractivity contribution >= 4 is 70.9 Å². The second-order valence-corrected chi connectivity index (χ2v) is 28.8. The Labute approximate surface area is 573 Å². The summed E-state index contributed by atoms with van der Waals surface area (Å²) in [7, 11) is 11.2. The number of piperazine rings is 1. The van der Waals surface area contributed by atoms with Crippen molar-refractivity contribution in [1.29, 1.82) is 0 Å². The molecule has 0 spiro atoms. The van der Waals surface area contributed by atoms with Crippen molar-refractivity contribution in [2.75, 3.05) is 95.8 Å². The first kappa shape index (κ1) is 85.3. The van der Waals surface area contributed by atoms with Crippen molar-refractivity contribution in [3.8, 4) is 0 Å². The van der Waals surface area contributed by atoms with Crippen molar-refractivity contribution in [1.82, 2.24) is 65.4 Å². The molecule has 2 aliphatic heterocycles. The monoisotopic (exact) mass is 1360 g/mol. The van der Waals surface area contributed by atoms with Gasteiger partial charge in [-0.2, -0.15) is 0 Å². The maximum absolute atomic E-state index is 15.4. The molecule has 96 heavy (non-hydrogen) atoms. The second-order valence-electron chi connectivity index (χ2n) is 28.8. The fourth-order valence-electron chi connectivity index (χ4n) is 12.6. The first-order valence-electron chi connectivity index (χ1n) is 34.5. The molecule has 2 fully saturated rings. The van der Waals surface area contributed by atoms with Crippen molar-refractivity contribution < 1.29 is 67.4 Å². The normalized spacial score (nSPS) is 27.3. The van der Waals surface area contributed by atoms with E-state index >= 15 is 33.6 Å².